The van der Waals surface area contributed by atoms with Crippen LogP contribution in [-0.4, -0.2) is 30.9 Å². The van der Waals surface area contributed by atoms with Crippen molar-refractivity contribution in [3.05, 3.63) is 34.4 Å². The van der Waals surface area contributed by atoms with E-state index in [1.54, 1.807) is 11.8 Å². The van der Waals surface area contributed by atoms with E-state index in [2.05, 4.69) is 11.6 Å². The van der Waals surface area contributed by atoms with Crippen molar-refractivity contribution >= 4 is 27.5 Å². The second kappa shape index (κ2) is 8.35. The second-order valence-corrected chi connectivity index (χ2v) is 7.57. The van der Waals surface area contributed by atoms with Crippen molar-refractivity contribution in [3.8, 4) is 0 Å². The van der Waals surface area contributed by atoms with E-state index in [4.69, 9.17) is 0 Å². The molecule has 0 radical (unpaired) electrons. The Labute approximate surface area is 129 Å². The third kappa shape index (κ3) is 6.03. The Balaban J connectivity index is 2.62. The number of benzene rings is 1. The fraction of sp³-hybridized carbons (Fsp3) is 0.538. The number of nitrogens with one attached hydrogen (secondary N) is 1. The van der Waals surface area contributed by atoms with Crippen LogP contribution in [0, 0.1) is 10.1 Å². The van der Waals surface area contributed by atoms with Crippen LogP contribution in [0.3, 0.4) is 0 Å². The molecule has 0 amide bonds. The maximum Gasteiger partial charge on any atom is 0.269 e. The number of sulfonamides is 1. The second-order valence-electron chi connectivity index (χ2n) is 4.70. The summed E-state index contributed by atoms with van der Waals surface area (Å²) >= 11 is 1.71. The van der Waals surface area contributed by atoms with Gasteiger partial charge in [0, 0.05) is 23.9 Å². The Morgan fingerprint density at radius 1 is 1.33 bits per heavy atom. The van der Waals surface area contributed by atoms with Crippen molar-refractivity contribution < 1.29 is 13.3 Å². The van der Waals surface area contributed by atoms with Gasteiger partial charge in [-0.25, -0.2) is 13.1 Å². The van der Waals surface area contributed by atoms with E-state index in [0.29, 0.717) is 5.75 Å². The third-order valence-electron chi connectivity index (χ3n) is 2.72. The van der Waals surface area contributed by atoms with Crippen LogP contribution in [0.2, 0.25) is 0 Å². The number of thioether (sulfide) groups is 1. The van der Waals surface area contributed by atoms with Crippen LogP contribution >= 0.6 is 11.8 Å². The van der Waals surface area contributed by atoms with Gasteiger partial charge in [0.05, 0.1) is 9.82 Å². The molecule has 6 nitrogen and oxygen atoms in total. The van der Waals surface area contributed by atoms with E-state index in [1.165, 1.54) is 24.3 Å². The molecule has 0 saturated carbocycles. The first-order chi connectivity index (χ1) is 9.86. The van der Waals surface area contributed by atoms with Gasteiger partial charge in [0.2, 0.25) is 10.0 Å². The van der Waals surface area contributed by atoms with Crippen LogP contribution in [0.4, 0.5) is 5.69 Å². The summed E-state index contributed by atoms with van der Waals surface area (Å²) in [4.78, 5) is 10.0. The molecular weight excluding hydrogens is 312 g/mol. The van der Waals surface area contributed by atoms with Gasteiger partial charge in [0.25, 0.3) is 5.69 Å². The minimum Gasteiger partial charge on any atom is -0.258 e. The Morgan fingerprint density at radius 3 is 2.48 bits per heavy atom. The number of hydrogen-bond acceptors (Lipinski definition) is 5. The number of unbranched alkanes of at least 4 members (excludes halogenated alkanes) is 1. The Morgan fingerprint density at radius 2 is 1.95 bits per heavy atom. The van der Waals surface area contributed by atoms with Crippen molar-refractivity contribution in [1.29, 1.82) is 0 Å². The first-order valence-corrected chi connectivity index (χ1v) is 9.35. The smallest absolute Gasteiger partial charge is 0.258 e. The fourth-order valence-electron chi connectivity index (χ4n) is 1.62. The molecule has 1 aromatic rings. The lowest BCUT2D eigenvalue weighted by Gasteiger charge is -2.13. The zero-order valence-corrected chi connectivity index (χ0v) is 13.7. The Bertz CT molecular complexity index is 558. The van der Waals surface area contributed by atoms with Crippen LogP contribution < -0.4 is 4.72 Å². The topological polar surface area (TPSA) is 89.3 Å². The molecule has 118 valence electrons. The van der Waals surface area contributed by atoms with Crippen molar-refractivity contribution in [2.24, 2.45) is 0 Å². The van der Waals surface area contributed by atoms with E-state index in [0.717, 1.165) is 18.6 Å². The van der Waals surface area contributed by atoms with Gasteiger partial charge in [-0.15, -0.1) is 0 Å². The fourth-order valence-corrected chi connectivity index (χ4v) is 4.07. The SMILES string of the molecule is CCCCSC[C@@H](C)NS(=O)(=O)c1ccc([N+](=O)[O-])cc1. The van der Waals surface area contributed by atoms with Gasteiger partial charge in [0.1, 0.15) is 0 Å². The summed E-state index contributed by atoms with van der Waals surface area (Å²) in [5.74, 6) is 1.71. The molecule has 1 N–H and O–H groups in total. The first kappa shape index (κ1) is 17.9. The standard InChI is InChI=1S/C13H20N2O4S2/c1-3-4-9-20-10-11(2)14-21(18,19)13-7-5-12(6-8-13)15(16)17/h5-8,11,14H,3-4,9-10H2,1-2H3/t11-/m1/s1. The van der Waals surface area contributed by atoms with Crippen LogP contribution in [0.1, 0.15) is 26.7 Å². The zero-order valence-electron chi connectivity index (χ0n) is 12.1. The van der Waals surface area contributed by atoms with Crippen molar-refractivity contribution in [2.45, 2.75) is 37.6 Å². The minimum absolute atomic E-state index is 0.0403. The molecule has 0 spiro atoms. The van der Waals surface area contributed by atoms with Crippen molar-refractivity contribution in [3.63, 3.8) is 0 Å². The van der Waals surface area contributed by atoms with Gasteiger partial charge in [0.15, 0.2) is 0 Å². The van der Waals surface area contributed by atoms with Crippen molar-refractivity contribution in [1.82, 2.24) is 4.72 Å². The number of nitrogens with zero attached hydrogens (tertiary/aromatic N) is 1. The summed E-state index contributed by atoms with van der Waals surface area (Å²) in [5.41, 5.74) is -0.128. The summed E-state index contributed by atoms with van der Waals surface area (Å²) in [6.07, 6.45) is 2.24. The predicted octanol–water partition coefficient (Wildman–Crippen LogP) is 2.79. The summed E-state index contributed by atoms with van der Waals surface area (Å²) in [5, 5.41) is 10.5. The van der Waals surface area contributed by atoms with E-state index in [9.17, 15) is 18.5 Å². The lowest BCUT2D eigenvalue weighted by Crippen LogP contribution is -2.34. The molecule has 0 aliphatic carbocycles. The third-order valence-corrected chi connectivity index (χ3v) is 5.64. The van der Waals surface area contributed by atoms with Gasteiger partial charge in [-0.2, -0.15) is 11.8 Å². The summed E-state index contributed by atoms with van der Waals surface area (Å²) in [6.45, 7) is 3.92. The summed E-state index contributed by atoms with van der Waals surface area (Å²) < 4.78 is 26.8. The lowest BCUT2D eigenvalue weighted by atomic mass is 10.3. The first-order valence-electron chi connectivity index (χ1n) is 6.71. The van der Waals surface area contributed by atoms with Gasteiger partial charge >= 0.3 is 0 Å². The van der Waals surface area contributed by atoms with E-state index in [1.807, 2.05) is 6.92 Å². The van der Waals surface area contributed by atoms with Crippen LogP contribution in [-0.2, 0) is 10.0 Å². The largest absolute Gasteiger partial charge is 0.269 e. The maximum absolute atomic E-state index is 12.1. The lowest BCUT2D eigenvalue weighted by molar-refractivity contribution is -0.384. The highest BCUT2D eigenvalue weighted by Crippen LogP contribution is 2.16. The molecule has 1 atom stereocenters. The highest BCUT2D eigenvalue weighted by atomic mass is 32.2. The number of non-ortho nitro benzene ring substituents is 1. The Hall–Kier alpha value is -1.12. The van der Waals surface area contributed by atoms with Gasteiger partial charge in [-0.3, -0.25) is 10.1 Å². The molecule has 21 heavy (non-hydrogen) atoms. The van der Waals surface area contributed by atoms with Crippen molar-refractivity contribution in [2.75, 3.05) is 11.5 Å². The molecular formula is C13H20N2O4S2. The molecule has 1 rings (SSSR count). The van der Waals surface area contributed by atoms with Gasteiger partial charge in [-0.05, 0) is 31.2 Å². The minimum atomic E-state index is -3.63. The molecule has 1 aromatic carbocycles. The predicted molar refractivity (Wildman–Crippen MR) is 85.1 cm³/mol. The van der Waals surface area contributed by atoms with Crippen LogP contribution in [0.25, 0.3) is 0 Å². The molecule has 0 heterocycles. The number of nitro benzene ring substituents is 1. The molecule has 0 saturated heterocycles. The number of nitro groups is 1. The van der Waals surface area contributed by atoms with Crippen LogP contribution in [0.5, 0.6) is 0 Å². The monoisotopic (exact) mass is 332 g/mol. The molecule has 0 fully saturated rings. The normalized spacial score (nSPS) is 13.0. The van der Waals surface area contributed by atoms with Gasteiger partial charge in [-0.1, -0.05) is 13.3 Å². The highest BCUT2D eigenvalue weighted by molar-refractivity contribution is 7.99. The molecule has 0 aliphatic rings. The highest BCUT2D eigenvalue weighted by Gasteiger charge is 2.18. The summed E-state index contributed by atoms with van der Waals surface area (Å²) in [6, 6.07) is 4.69. The van der Waals surface area contributed by atoms with E-state index in [-0.39, 0.29) is 16.6 Å². The molecule has 0 aliphatic heterocycles. The van der Waals surface area contributed by atoms with Crippen LogP contribution in [0.15, 0.2) is 29.2 Å². The maximum atomic E-state index is 12.1. The molecule has 0 unspecified atom stereocenters. The molecule has 0 bridgehead atoms. The zero-order chi connectivity index (χ0) is 15.9. The quantitative estimate of drug-likeness (QED) is 0.427. The van der Waals surface area contributed by atoms with E-state index < -0.39 is 14.9 Å². The summed E-state index contributed by atoms with van der Waals surface area (Å²) in [7, 11) is -3.63. The number of hydrogen-bond donors (Lipinski definition) is 1. The molecule has 8 heteroatoms. The average molecular weight is 332 g/mol. The average Bonchev–Trinajstić information content (AvgIpc) is 2.43. The Kier molecular flexibility index (Phi) is 7.13. The molecule has 0 aromatic heterocycles. The van der Waals surface area contributed by atoms with Gasteiger partial charge < -0.3 is 0 Å². The van der Waals surface area contributed by atoms with E-state index >= 15 is 0 Å². The number of rotatable bonds is 9.